The van der Waals surface area contributed by atoms with Crippen molar-refractivity contribution < 1.29 is 19.1 Å². The van der Waals surface area contributed by atoms with Crippen LogP contribution in [-0.4, -0.2) is 25.2 Å². The van der Waals surface area contributed by atoms with Crippen molar-refractivity contribution in [3.63, 3.8) is 0 Å². The number of carbonyl (C=O) groups is 2. The number of ether oxygens (including phenoxy) is 2. The van der Waals surface area contributed by atoms with Crippen LogP contribution >= 0.6 is 0 Å². The van der Waals surface area contributed by atoms with Gasteiger partial charge in [-0.1, -0.05) is 19.4 Å². The minimum atomic E-state index is -0.540. The number of hydrogen-bond acceptors (Lipinski definition) is 4. The first-order valence-corrected chi connectivity index (χ1v) is 9.92. The Kier molecular flexibility index (Phi) is 4.20. The van der Waals surface area contributed by atoms with Gasteiger partial charge in [-0.2, -0.15) is 0 Å². The molecule has 0 amide bonds. The van der Waals surface area contributed by atoms with Gasteiger partial charge in [0.05, 0.1) is 7.11 Å². The van der Waals surface area contributed by atoms with Gasteiger partial charge in [-0.05, 0) is 74.2 Å². The minimum absolute atomic E-state index is 0.0155. The van der Waals surface area contributed by atoms with Crippen LogP contribution in [0.4, 0.5) is 4.79 Å². The number of allylic oxidation sites excluding steroid dienone is 1. The summed E-state index contributed by atoms with van der Waals surface area (Å²) < 4.78 is 10.4. The van der Waals surface area contributed by atoms with Crippen LogP contribution in [0.15, 0.2) is 11.6 Å². The molecule has 0 spiro atoms. The van der Waals surface area contributed by atoms with Crippen molar-refractivity contribution in [1.82, 2.24) is 0 Å². The van der Waals surface area contributed by atoms with Crippen LogP contribution in [0.1, 0.15) is 58.8 Å². The summed E-state index contributed by atoms with van der Waals surface area (Å²) in [6.07, 6.45) is 8.66. The van der Waals surface area contributed by atoms with Gasteiger partial charge in [0.1, 0.15) is 6.10 Å². The third-order valence-electron chi connectivity index (χ3n) is 7.91. The maximum absolute atomic E-state index is 11.8. The normalized spacial score (nSPS) is 45.7. The summed E-state index contributed by atoms with van der Waals surface area (Å²) in [5.74, 6) is 3.57. The number of methoxy groups -OCH3 is 1. The molecule has 0 bridgehead atoms. The van der Waals surface area contributed by atoms with E-state index in [2.05, 4.69) is 13.8 Å². The van der Waals surface area contributed by atoms with E-state index in [1.165, 1.54) is 19.1 Å². The van der Waals surface area contributed by atoms with Crippen LogP contribution in [-0.2, 0) is 14.3 Å². The molecule has 4 heteroatoms. The van der Waals surface area contributed by atoms with Gasteiger partial charge < -0.3 is 9.47 Å². The molecule has 4 unspecified atom stereocenters. The number of fused-ring (bicyclic) bond motifs is 5. The van der Waals surface area contributed by atoms with E-state index in [0.717, 1.165) is 38.5 Å². The SMILES string of the molecule is COC(=O)O[C@H]1CCC2C3CCC4=CC(=O)CCC4C3[C@@H](C)C[C@@]21C. The molecular weight excluding hydrogens is 316 g/mol. The summed E-state index contributed by atoms with van der Waals surface area (Å²) in [7, 11) is 1.38. The van der Waals surface area contributed by atoms with Crippen molar-refractivity contribution in [3.8, 4) is 0 Å². The Labute approximate surface area is 150 Å². The van der Waals surface area contributed by atoms with Gasteiger partial charge in [0.25, 0.3) is 0 Å². The van der Waals surface area contributed by atoms with E-state index in [4.69, 9.17) is 9.47 Å². The Morgan fingerprint density at radius 3 is 2.76 bits per heavy atom. The predicted molar refractivity (Wildman–Crippen MR) is 93.9 cm³/mol. The molecule has 3 saturated carbocycles. The molecule has 0 aromatic rings. The molecule has 138 valence electrons. The van der Waals surface area contributed by atoms with Gasteiger partial charge in [-0.3, -0.25) is 4.79 Å². The van der Waals surface area contributed by atoms with E-state index >= 15 is 0 Å². The molecule has 0 saturated heterocycles. The second-order valence-electron chi connectivity index (χ2n) is 9.04. The number of carbonyl (C=O) groups excluding carboxylic acids is 2. The van der Waals surface area contributed by atoms with Gasteiger partial charge in [0, 0.05) is 11.8 Å². The molecule has 25 heavy (non-hydrogen) atoms. The first kappa shape index (κ1) is 17.1. The van der Waals surface area contributed by atoms with Crippen molar-refractivity contribution in [1.29, 1.82) is 0 Å². The lowest BCUT2D eigenvalue weighted by atomic mass is 9.49. The first-order chi connectivity index (χ1) is 11.9. The highest BCUT2D eigenvalue weighted by atomic mass is 16.7. The molecule has 0 aliphatic heterocycles. The zero-order valence-electron chi connectivity index (χ0n) is 15.6. The van der Waals surface area contributed by atoms with E-state index in [1.54, 1.807) is 0 Å². The molecule has 0 heterocycles. The van der Waals surface area contributed by atoms with E-state index in [9.17, 15) is 9.59 Å². The fourth-order valence-corrected chi connectivity index (χ4v) is 7.08. The van der Waals surface area contributed by atoms with Gasteiger partial charge in [0.2, 0.25) is 0 Å². The molecule has 4 rings (SSSR count). The molecule has 0 aromatic heterocycles. The molecule has 0 N–H and O–H groups in total. The number of hydrogen-bond donors (Lipinski definition) is 0. The first-order valence-electron chi connectivity index (χ1n) is 9.92. The largest absolute Gasteiger partial charge is 0.508 e. The summed E-state index contributed by atoms with van der Waals surface area (Å²) in [5.41, 5.74) is 1.49. The molecular formula is C21H30O4. The third-order valence-corrected chi connectivity index (χ3v) is 7.91. The fourth-order valence-electron chi connectivity index (χ4n) is 7.08. The summed E-state index contributed by atoms with van der Waals surface area (Å²) >= 11 is 0. The lowest BCUT2D eigenvalue weighted by Crippen LogP contribution is -2.51. The molecule has 0 radical (unpaired) electrons. The molecule has 3 fully saturated rings. The third kappa shape index (κ3) is 2.63. The van der Waals surface area contributed by atoms with E-state index in [0.29, 0.717) is 35.4 Å². The van der Waals surface area contributed by atoms with E-state index < -0.39 is 6.16 Å². The van der Waals surface area contributed by atoms with E-state index in [-0.39, 0.29) is 11.5 Å². The summed E-state index contributed by atoms with van der Waals surface area (Å²) in [6.45, 7) is 4.72. The van der Waals surface area contributed by atoms with E-state index in [1.807, 2.05) is 6.08 Å². The average Bonchev–Trinajstić information content (AvgIpc) is 2.90. The Morgan fingerprint density at radius 1 is 1.20 bits per heavy atom. The highest BCUT2D eigenvalue weighted by Gasteiger charge is 2.59. The standard InChI is InChI=1S/C21H30O4/c1-12-11-21(2)17(8-9-18(21)25-20(23)24-3)16-6-4-13-10-14(22)5-7-15(13)19(12)16/h10,12,15-19H,4-9,11H2,1-3H3/t12-,15?,16?,17?,18-,19?,21-/m0/s1. The van der Waals surface area contributed by atoms with Gasteiger partial charge >= 0.3 is 6.16 Å². The zero-order valence-corrected chi connectivity index (χ0v) is 15.6. The molecule has 7 atom stereocenters. The van der Waals surface area contributed by atoms with Crippen molar-refractivity contribution in [3.05, 3.63) is 11.6 Å². The van der Waals surface area contributed by atoms with Crippen molar-refractivity contribution in [2.75, 3.05) is 7.11 Å². The zero-order chi connectivity index (χ0) is 17.8. The van der Waals surface area contributed by atoms with Crippen LogP contribution < -0.4 is 0 Å². The summed E-state index contributed by atoms with van der Waals surface area (Å²) in [4.78, 5) is 23.5. The predicted octanol–water partition coefficient (Wildman–Crippen LogP) is 4.53. The Morgan fingerprint density at radius 2 is 2.00 bits per heavy atom. The Balaban J connectivity index is 1.60. The number of rotatable bonds is 1. The second-order valence-corrected chi connectivity index (χ2v) is 9.04. The van der Waals surface area contributed by atoms with Crippen molar-refractivity contribution in [2.24, 2.45) is 35.0 Å². The van der Waals surface area contributed by atoms with Gasteiger partial charge in [-0.25, -0.2) is 4.79 Å². The lowest BCUT2D eigenvalue weighted by molar-refractivity contribution is -0.117. The second kappa shape index (κ2) is 6.14. The van der Waals surface area contributed by atoms with Crippen LogP contribution in [0, 0.1) is 35.0 Å². The topological polar surface area (TPSA) is 52.6 Å². The average molecular weight is 346 g/mol. The van der Waals surface area contributed by atoms with Gasteiger partial charge in [-0.15, -0.1) is 0 Å². The van der Waals surface area contributed by atoms with Gasteiger partial charge in [0.15, 0.2) is 5.78 Å². The Hall–Kier alpha value is -1.32. The maximum Gasteiger partial charge on any atom is 0.508 e. The molecule has 4 aliphatic carbocycles. The highest BCUT2D eigenvalue weighted by molar-refractivity contribution is 5.91. The smallest absolute Gasteiger partial charge is 0.438 e. The summed E-state index contributed by atoms with van der Waals surface area (Å²) in [5, 5.41) is 0. The molecule has 0 aromatic carbocycles. The number of ketones is 1. The summed E-state index contributed by atoms with van der Waals surface area (Å²) in [6, 6.07) is 0. The van der Waals surface area contributed by atoms with Crippen LogP contribution in [0.5, 0.6) is 0 Å². The lowest BCUT2D eigenvalue weighted by Gasteiger charge is -2.56. The van der Waals surface area contributed by atoms with Crippen LogP contribution in [0.25, 0.3) is 0 Å². The highest BCUT2D eigenvalue weighted by Crippen LogP contribution is 2.63. The van der Waals surface area contributed by atoms with Crippen LogP contribution in [0.2, 0.25) is 0 Å². The molecule has 4 aliphatic rings. The quantitative estimate of drug-likeness (QED) is 0.655. The fraction of sp³-hybridized carbons (Fsp3) is 0.810. The monoisotopic (exact) mass is 346 g/mol. The van der Waals surface area contributed by atoms with Crippen LogP contribution in [0.3, 0.4) is 0 Å². The van der Waals surface area contributed by atoms with Crippen molar-refractivity contribution in [2.45, 2.75) is 64.9 Å². The minimum Gasteiger partial charge on any atom is -0.438 e. The molecule has 4 nitrogen and oxygen atoms in total. The Bertz CT molecular complexity index is 609. The van der Waals surface area contributed by atoms with Crippen molar-refractivity contribution >= 4 is 11.9 Å². The maximum atomic E-state index is 11.8.